The van der Waals surface area contributed by atoms with Crippen LogP contribution < -0.4 is 14.8 Å². The maximum atomic E-state index is 11.9. The summed E-state index contributed by atoms with van der Waals surface area (Å²) in [7, 11) is 4.82. The first-order chi connectivity index (χ1) is 10.1. The Morgan fingerprint density at radius 3 is 2.52 bits per heavy atom. The molecule has 0 atom stereocenters. The van der Waals surface area contributed by atoms with Gasteiger partial charge < -0.3 is 19.5 Å². The Labute approximate surface area is 125 Å². The van der Waals surface area contributed by atoms with E-state index in [1.54, 1.807) is 28.3 Å². The van der Waals surface area contributed by atoms with Gasteiger partial charge in [0.05, 0.1) is 14.2 Å². The van der Waals surface area contributed by atoms with E-state index in [1.165, 1.54) is 0 Å². The third kappa shape index (κ3) is 5.47. The number of carbonyl (C=O) groups excluding carboxylic acids is 1. The lowest BCUT2D eigenvalue weighted by atomic mass is 10.1. The van der Waals surface area contributed by atoms with Crippen molar-refractivity contribution in [2.45, 2.75) is 13.3 Å². The van der Waals surface area contributed by atoms with Crippen LogP contribution in [-0.4, -0.2) is 40.4 Å². The van der Waals surface area contributed by atoms with Gasteiger partial charge in [-0.3, -0.25) is 4.79 Å². The van der Waals surface area contributed by atoms with E-state index in [0.717, 1.165) is 12.0 Å². The van der Waals surface area contributed by atoms with E-state index in [-0.39, 0.29) is 5.91 Å². The molecule has 0 heterocycles. The van der Waals surface area contributed by atoms with Crippen LogP contribution in [0.2, 0.25) is 0 Å². The van der Waals surface area contributed by atoms with Crippen molar-refractivity contribution >= 4 is 12.0 Å². The molecule has 21 heavy (non-hydrogen) atoms. The molecule has 0 saturated carbocycles. The van der Waals surface area contributed by atoms with Crippen molar-refractivity contribution in [1.29, 1.82) is 0 Å². The number of amides is 1. The van der Waals surface area contributed by atoms with E-state index in [4.69, 9.17) is 14.2 Å². The van der Waals surface area contributed by atoms with Gasteiger partial charge in [0.2, 0.25) is 5.91 Å². The molecule has 116 valence electrons. The van der Waals surface area contributed by atoms with Gasteiger partial charge in [-0.1, -0.05) is 6.07 Å². The Bertz CT molecular complexity index is 497. The highest BCUT2D eigenvalue weighted by molar-refractivity contribution is 5.97. The molecular formula is C16H23NO4. The second-order valence-electron chi connectivity index (χ2n) is 4.54. The average Bonchev–Trinajstić information content (AvgIpc) is 2.51. The largest absolute Gasteiger partial charge is 0.493 e. The molecule has 5 nitrogen and oxygen atoms in total. The van der Waals surface area contributed by atoms with Crippen molar-refractivity contribution in [3.63, 3.8) is 0 Å². The fraction of sp³-hybridized carbons (Fsp3) is 0.438. The van der Waals surface area contributed by atoms with Crippen LogP contribution in [-0.2, 0) is 9.53 Å². The smallest absolute Gasteiger partial charge is 0.246 e. The van der Waals surface area contributed by atoms with Gasteiger partial charge in [-0.2, -0.15) is 0 Å². The molecule has 1 aromatic carbocycles. The molecule has 0 unspecified atom stereocenters. The van der Waals surface area contributed by atoms with Crippen LogP contribution >= 0.6 is 0 Å². The highest BCUT2D eigenvalue weighted by Gasteiger charge is 2.06. The second kappa shape index (κ2) is 9.02. The number of ether oxygens (including phenoxy) is 3. The fourth-order valence-corrected chi connectivity index (χ4v) is 1.82. The van der Waals surface area contributed by atoms with Gasteiger partial charge >= 0.3 is 0 Å². The Kier molecular flexibility index (Phi) is 7.32. The first-order valence-electron chi connectivity index (χ1n) is 6.79. The molecule has 5 heteroatoms. The van der Waals surface area contributed by atoms with Crippen molar-refractivity contribution in [2.24, 2.45) is 0 Å². The van der Waals surface area contributed by atoms with Crippen molar-refractivity contribution in [1.82, 2.24) is 5.32 Å². The third-order valence-electron chi connectivity index (χ3n) is 2.96. The lowest BCUT2D eigenvalue weighted by Crippen LogP contribution is -2.25. The Morgan fingerprint density at radius 2 is 1.90 bits per heavy atom. The monoisotopic (exact) mass is 293 g/mol. The van der Waals surface area contributed by atoms with Crippen LogP contribution in [0.5, 0.6) is 11.5 Å². The predicted octanol–water partition coefficient (Wildman–Crippen LogP) is 2.26. The number of nitrogens with one attached hydrogen (secondary N) is 1. The summed E-state index contributed by atoms with van der Waals surface area (Å²) in [5, 5.41) is 2.85. The molecule has 1 amide bonds. The van der Waals surface area contributed by atoms with Crippen LogP contribution in [0.25, 0.3) is 6.08 Å². The van der Waals surface area contributed by atoms with Crippen molar-refractivity contribution in [2.75, 3.05) is 34.5 Å². The molecule has 0 spiro atoms. The predicted molar refractivity (Wildman–Crippen MR) is 82.7 cm³/mol. The van der Waals surface area contributed by atoms with Gasteiger partial charge in [0.25, 0.3) is 0 Å². The summed E-state index contributed by atoms with van der Waals surface area (Å²) < 4.78 is 15.4. The topological polar surface area (TPSA) is 56.8 Å². The lowest BCUT2D eigenvalue weighted by molar-refractivity contribution is -0.117. The number of rotatable bonds is 8. The van der Waals surface area contributed by atoms with Crippen LogP contribution in [0, 0.1) is 0 Å². The summed E-state index contributed by atoms with van der Waals surface area (Å²) in [6.07, 6.45) is 2.61. The summed E-state index contributed by atoms with van der Waals surface area (Å²) in [6, 6.07) is 5.53. The number of carbonyl (C=O) groups is 1. The lowest BCUT2D eigenvalue weighted by Gasteiger charge is -2.09. The maximum absolute atomic E-state index is 11.9. The first kappa shape index (κ1) is 17.0. The molecular weight excluding hydrogens is 270 g/mol. The quantitative estimate of drug-likeness (QED) is 0.590. The summed E-state index contributed by atoms with van der Waals surface area (Å²) >= 11 is 0. The van der Waals surface area contributed by atoms with Crippen LogP contribution in [0.1, 0.15) is 18.9 Å². The molecule has 0 aliphatic carbocycles. The molecule has 0 aliphatic rings. The molecule has 1 aromatic rings. The molecule has 0 radical (unpaired) electrons. The minimum Gasteiger partial charge on any atom is -0.493 e. The normalized spacial score (nSPS) is 11.1. The molecule has 0 bridgehead atoms. The third-order valence-corrected chi connectivity index (χ3v) is 2.96. The highest BCUT2D eigenvalue weighted by Crippen LogP contribution is 2.28. The van der Waals surface area contributed by atoms with Crippen LogP contribution in [0.3, 0.4) is 0 Å². The number of hydrogen-bond donors (Lipinski definition) is 1. The van der Waals surface area contributed by atoms with Gasteiger partial charge in [-0.25, -0.2) is 0 Å². The molecule has 1 rings (SSSR count). The second-order valence-corrected chi connectivity index (χ2v) is 4.54. The SMILES string of the molecule is COCCCNC(=O)/C(C)=C/c1ccc(OC)c(OC)c1. The molecule has 0 fully saturated rings. The summed E-state index contributed by atoms with van der Waals surface area (Å²) in [4.78, 5) is 11.9. The van der Waals surface area contributed by atoms with E-state index in [1.807, 2.05) is 24.3 Å². The average molecular weight is 293 g/mol. The standard InChI is InChI=1S/C16H23NO4/c1-12(16(18)17-8-5-9-19-2)10-13-6-7-14(20-3)15(11-13)21-4/h6-7,10-11H,5,8-9H2,1-4H3,(H,17,18)/b12-10+. The molecule has 0 saturated heterocycles. The van der Waals surface area contributed by atoms with Gasteiger partial charge in [-0.05, 0) is 37.1 Å². The summed E-state index contributed by atoms with van der Waals surface area (Å²) in [6.45, 7) is 3.02. The minimum atomic E-state index is -0.0825. The maximum Gasteiger partial charge on any atom is 0.246 e. The zero-order valence-corrected chi connectivity index (χ0v) is 13.1. The minimum absolute atomic E-state index is 0.0825. The molecule has 0 aromatic heterocycles. The van der Waals surface area contributed by atoms with E-state index in [0.29, 0.717) is 30.2 Å². The number of benzene rings is 1. The Balaban J connectivity index is 2.70. The van der Waals surface area contributed by atoms with Crippen molar-refractivity contribution in [3.8, 4) is 11.5 Å². The summed E-state index contributed by atoms with van der Waals surface area (Å²) in [5.41, 5.74) is 1.52. The Hall–Kier alpha value is -2.01. The Morgan fingerprint density at radius 1 is 1.19 bits per heavy atom. The molecule has 1 N–H and O–H groups in total. The van der Waals surface area contributed by atoms with E-state index in [2.05, 4.69) is 5.32 Å². The van der Waals surface area contributed by atoms with Crippen molar-refractivity contribution in [3.05, 3.63) is 29.3 Å². The van der Waals surface area contributed by atoms with E-state index in [9.17, 15) is 4.79 Å². The van der Waals surface area contributed by atoms with Gasteiger partial charge in [0, 0.05) is 25.8 Å². The van der Waals surface area contributed by atoms with Crippen molar-refractivity contribution < 1.29 is 19.0 Å². The zero-order valence-electron chi connectivity index (χ0n) is 13.1. The zero-order chi connectivity index (χ0) is 15.7. The fourth-order valence-electron chi connectivity index (χ4n) is 1.82. The van der Waals surface area contributed by atoms with E-state index >= 15 is 0 Å². The first-order valence-corrected chi connectivity index (χ1v) is 6.79. The van der Waals surface area contributed by atoms with Gasteiger partial charge in [-0.15, -0.1) is 0 Å². The van der Waals surface area contributed by atoms with E-state index < -0.39 is 0 Å². The molecule has 0 aliphatic heterocycles. The number of methoxy groups -OCH3 is 3. The van der Waals surface area contributed by atoms with Gasteiger partial charge in [0.15, 0.2) is 11.5 Å². The van der Waals surface area contributed by atoms with Crippen LogP contribution in [0.15, 0.2) is 23.8 Å². The van der Waals surface area contributed by atoms with Gasteiger partial charge in [0.1, 0.15) is 0 Å². The summed E-state index contributed by atoms with van der Waals surface area (Å²) in [5.74, 6) is 1.22. The van der Waals surface area contributed by atoms with Crippen LogP contribution in [0.4, 0.5) is 0 Å². The number of hydrogen-bond acceptors (Lipinski definition) is 4. The highest BCUT2D eigenvalue weighted by atomic mass is 16.5.